The minimum atomic E-state index is -0.959. The summed E-state index contributed by atoms with van der Waals surface area (Å²) in [5, 5.41) is 2.53. The molecule has 0 fully saturated rings. The molecule has 0 bridgehead atoms. The van der Waals surface area contributed by atoms with Crippen LogP contribution in [0, 0.1) is 18.3 Å². The van der Waals surface area contributed by atoms with Crippen LogP contribution in [0.5, 0.6) is 0 Å². The number of esters is 1. The van der Waals surface area contributed by atoms with E-state index in [1.54, 1.807) is 5.92 Å². The normalized spacial score (nSPS) is 11.3. The number of alkyl carbamates (subject to hydrolysis) is 1. The number of nitrogens with one attached hydrogen (secondary N) is 1. The molecule has 0 aliphatic heterocycles. The van der Waals surface area contributed by atoms with Gasteiger partial charge in [0.25, 0.3) is 0 Å². The molecule has 0 aliphatic rings. The third-order valence-electron chi connectivity index (χ3n) is 2.38. The fourth-order valence-corrected chi connectivity index (χ4v) is 1.32. The molecule has 1 unspecified atom stereocenters. The molecule has 1 N–H and O–H groups in total. The van der Waals surface area contributed by atoms with Crippen LogP contribution in [0.4, 0.5) is 4.79 Å². The maximum absolute atomic E-state index is 11.1. The summed E-state index contributed by atoms with van der Waals surface area (Å²) in [6.07, 6.45) is 8.33. The van der Waals surface area contributed by atoms with Gasteiger partial charge >= 0.3 is 12.1 Å². The maximum atomic E-state index is 11.1. The number of ether oxygens (including phenoxy) is 1. The van der Waals surface area contributed by atoms with Gasteiger partial charge < -0.3 is 10.1 Å². The lowest BCUT2D eigenvalue weighted by Crippen LogP contribution is -2.31. The van der Waals surface area contributed by atoms with Crippen molar-refractivity contribution >= 4 is 12.1 Å². The van der Waals surface area contributed by atoms with Crippen LogP contribution in [0.25, 0.3) is 0 Å². The predicted molar refractivity (Wildman–Crippen MR) is 61.6 cm³/mol. The van der Waals surface area contributed by atoms with E-state index in [1.165, 1.54) is 0 Å². The van der Waals surface area contributed by atoms with Gasteiger partial charge in [0.05, 0.1) is 0 Å². The molecule has 0 saturated carbocycles. The van der Waals surface area contributed by atoms with Crippen molar-refractivity contribution in [3.05, 3.63) is 0 Å². The standard InChI is InChI=1S/C12H19NO3/c1-4-7-8-10(5-2)9-13-12(15)16-11(14)6-3/h3,10H,4-5,7-9H2,1-2H3,(H,13,15). The molecule has 0 spiro atoms. The number of carbonyl (C=O) groups excluding carboxylic acids is 2. The topological polar surface area (TPSA) is 55.4 Å². The first-order chi connectivity index (χ1) is 7.63. The fourth-order valence-electron chi connectivity index (χ4n) is 1.32. The van der Waals surface area contributed by atoms with E-state index in [-0.39, 0.29) is 0 Å². The molecule has 0 rings (SSSR count). The average molecular weight is 225 g/mol. The number of amides is 1. The van der Waals surface area contributed by atoms with E-state index in [0.29, 0.717) is 12.5 Å². The number of unbranched alkanes of at least 4 members (excludes halogenated alkanes) is 1. The van der Waals surface area contributed by atoms with E-state index in [0.717, 1.165) is 25.7 Å². The lowest BCUT2D eigenvalue weighted by molar-refractivity contribution is -0.130. The average Bonchev–Trinajstić information content (AvgIpc) is 2.29. The van der Waals surface area contributed by atoms with Gasteiger partial charge in [-0.05, 0) is 12.3 Å². The second-order valence-corrected chi connectivity index (χ2v) is 3.62. The van der Waals surface area contributed by atoms with Gasteiger partial charge in [-0.25, -0.2) is 9.59 Å². The second-order valence-electron chi connectivity index (χ2n) is 3.62. The number of rotatable bonds is 6. The Balaban J connectivity index is 3.79. The molecule has 0 radical (unpaired) electrons. The molecule has 0 saturated heterocycles. The summed E-state index contributed by atoms with van der Waals surface area (Å²) in [6, 6.07) is 0. The van der Waals surface area contributed by atoms with Gasteiger partial charge in [0.15, 0.2) is 0 Å². The lowest BCUT2D eigenvalue weighted by Gasteiger charge is -2.14. The molecule has 0 aromatic heterocycles. The second kappa shape index (κ2) is 8.78. The zero-order chi connectivity index (χ0) is 12.4. The van der Waals surface area contributed by atoms with Crippen molar-refractivity contribution in [3.8, 4) is 12.3 Å². The summed E-state index contributed by atoms with van der Waals surface area (Å²) in [5.41, 5.74) is 0. The van der Waals surface area contributed by atoms with Crippen LogP contribution in [0.3, 0.4) is 0 Å². The Bertz CT molecular complexity index is 268. The van der Waals surface area contributed by atoms with E-state index in [1.807, 2.05) is 0 Å². The van der Waals surface area contributed by atoms with E-state index in [9.17, 15) is 9.59 Å². The molecular formula is C12H19NO3. The summed E-state index contributed by atoms with van der Waals surface area (Å²) < 4.78 is 4.27. The summed E-state index contributed by atoms with van der Waals surface area (Å²) in [7, 11) is 0. The van der Waals surface area contributed by atoms with Gasteiger partial charge in [-0.15, -0.1) is 6.42 Å². The molecule has 0 aliphatic carbocycles. The van der Waals surface area contributed by atoms with Crippen LogP contribution in [0.15, 0.2) is 0 Å². The molecule has 1 atom stereocenters. The number of carbonyl (C=O) groups is 2. The molecule has 90 valence electrons. The molecule has 0 aromatic rings. The van der Waals surface area contributed by atoms with Crippen LogP contribution in [-0.4, -0.2) is 18.6 Å². The Morgan fingerprint density at radius 3 is 2.62 bits per heavy atom. The highest BCUT2D eigenvalue weighted by atomic mass is 16.6. The van der Waals surface area contributed by atoms with Gasteiger partial charge in [0.1, 0.15) is 0 Å². The summed E-state index contributed by atoms with van der Waals surface area (Å²) in [4.78, 5) is 21.6. The van der Waals surface area contributed by atoms with Crippen molar-refractivity contribution in [2.75, 3.05) is 6.54 Å². The fraction of sp³-hybridized carbons (Fsp3) is 0.667. The van der Waals surface area contributed by atoms with Crippen LogP contribution >= 0.6 is 0 Å². The van der Waals surface area contributed by atoms with E-state index in [4.69, 9.17) is 6.42 Å². The Morgan fingerprint density at radius 1 is 1.44 bits per heavy atom. The molecule has 0 aromatic carbocycles. The van der Waals surface area contributed by atoms with E-state index < -0.39 is 12.1 Å². The Labute approximate surface area is 96.7 Å². The first-order valence-corrected chi connectivity index (χ1v) is 5.60. The van der Waals surface area contributed by atoms with Crippen LogP contribution in [0.2, 0.25) is 0 Å². The van der Waals surface area contributed by atoms with Crippen molar-refractivity contribution < 1.29 is 14.3 Å². The zero-order valence-electron chi connectivity index (χ0n) is 9.91. The minimum absolute atomic E-state index is 0.424. The highest BCUT2D eigenvalue weighted by Crippen LogP contribution is 2.11. The molecule has 16 heavy (non-hydrogen) atoms. The van der Waals surface area contributed by atoms with Gasteiger partial charge in [0, 0.05) is 12.5 Å². The molecule has 4 nitrogen and oxygen atoms in total. The maximum Gasteiger partial charge on any atom is 0.415 e. The van der Waals surface area contributed by atoms with Crippen molar-refractivity contribution in [2.24, 2.45) is 5.92 Å². The van der Waals surface area contributed by atoms with Gasteiger partial charge in [0.2, 0.25) is 0 Å². The molecule has 0 heterocycles. The summed E-state index contributed by atoms with van der Waals surface area (Å²) in [6.45, 7) is 4.72. The van der Waals surface area contributed by atoms with Crippen molar-refractivity contribution in [1.29, 1.82) is 0 Å². The van der Waals surface area contributed by atoms with Crippen molar-refractivity contribution in [1.82, 2.24) is 5.32 Å². The van der Waals surface area contributed by atoms with Crippen LogP contribution < -0.4 is 5.32 Å². The number of terminal acetylenes is 1. The Morgan fingerprint density at radius 2 is 2.12 bits per heavy atom. The third kappa shape index (κ3) is 6.88. The van der Waals surface area contributed by atoms with Gasteiger partial charge in [-0.3, -0.25) is 0 Å². The van der Waals surface area contributed by atoms with Crippen LogP contribution in [0.1, 0.15) is 39.5 Å². The Kier molecular flexibility index (Phi) is 7.96. The molecular weight excluding hydrogens is 206 g/mol. The highest BCUT2D eigenvalue weighted by Gasteiger charge is 2.10. The zero-order valence-corrected chi connectivity index (χ0v) is 9.91. The van der Waals surface area contributed by atoms with Crippen molar-refractivity contribution in [3.63, 3.8) is 0 Å². The first kappa shape index (κ1) is 14.5. The largest absolute Gasteiger partial charge is 0.415 e. The quantitative estimate of drug-likeness (QED) is 0.326. The lowest BCUT2D eigenvalue weighted by atomic mass is 10.00. The van der Waals surface area contributed by atoms with E-state index in [2.05, 4.69) is 23.9 Å². The van der Waals surface area contributed by atoms with Crippen LogP contribution in [-0.2, 0) is 9.53 Å². The summed E-state index contributed by atoms with van der Waals surface area (Å²) in [5.74, 6) is 1.18. The third-order valence-corrected chi connectivity index (χ3v) is 2.38. The SMILES string of the molecule is C#CC(=O)OC(=O)NCC(CC)CCCC. The number of hydrogen-bond acceptors (Lipinski definition) is 3. The molecule has 1 amide bonds. The number of hydrogen-bond donors (Lipinski definition) is 1. The van der Waals surface area contributed by atoms with E-state index >= 15 is 0 Å². The van der Waals surface area contributed by atoms with Gasteiger partial charge in [-0.1, -0.05) is 33.1 Å². The first-order valence-electron chi connectivity index (χ1n) is 5.60. The van der Waals surface area contributed by atoms with Gasteiger partial charge in [-0.2, -0.15) is 0 Å². The Hall–Kier alpha value is -1.50. The monoisotopic (exact) mass is 225 g/mol. The smallest absolute Gasteiger partial charge is 0.366 e. The highest BCUT2D eigenvalue weighted by molar-refractivity contribution is 5.95. The summed E-state index contributed by atoms with van der Waals surface area (Å²) >= 11 is 0. The minimum Gasteiger partial charge on any atom is -0.366 e. The predicted octanol–water partition coefficient (Wildman–Crippen LogP) is 2.09. The van der Waals surface area contributed by atoms with Crippen molar-refractivity contribution in [2.45, 2.75) is 39.5 Å². The molecule has 4 heteroatoms.